The molecule has 118 valence electrons. The number of hydrogen-bond acceptors (Lipinski definition) is 3. The predicted molar refractivity (Wildman–Crippen MR) is 87.8 cm³/mol. The summed E-state index contributed by atoms with van der Waals surface area (Å²) in [6.07, 6.45) is 3.77. The number of nitrogens with one attached hydrogen (secondary N) is 1. The maximum Gasteiger partial charge on any atom is 0.306 e. The van der Waals surface area contributed by atoms with Gasteiger partial charge >= 0.3 is 5.97 Å². The van der Waals surface area contributed by atoms with Crippen LogP contribution in [0.5, 0.6) is 0 Å². The molecule has 0 radical (unpaired) electrons. The number of carboxylic acid groups (broad SMARTS) is 1. The summed E-state index contributed by atoms with van der Waals surface area (Å²) < 4.78 is 0. The van der Waals surface area contributed by atoms with Crippen molar-refractivity contribution in [3.63, 3.8) is 0 Å². The molecule has 1 aliphatic rings. The maximum absolute atomic E-state index is 10.9. The highest BCUT2D eigenvalue weighted by atomic mass is 32.1. The lowest BCUT2D eigenvalue weighted by Gasteiger charge is -2.26. The van der Waals surface area contributed by atoms with E-state index in [0.717, 1.165) is 38.8 Å². The van der Waals surface area contributed by atoms with Crippen molar-refractivity contribution in [1.82, 2.24) is 5.32 Å². The molecule has 0 atom stereocenters. The highest BCUT2D eigenvalue weighted by molar-refractivity contribution is 7.12. The van der Waals surface area contributed by atoms with Crippen LogP contribution in [0, 0.1) is 11.8 Å². The monoisotopic (exact) mass is 309 g/mol. The van der Waals surface area contributed by atoms with Crippen molar-refractivity contribution in [2.75, 3.05) is 6.54 Å². The number of rotatable bonds is 5. The van der Waals surface area contributed by atoms with E-state index in [0.29, 0.717) is 5.92 Å². The Bertz CT molecular complexity index is 467. The molecule has 0 bridgehead atoms. The summed E-state index contributed by atoms with van der Waals surface area (Å²) in [6.45, 7) is 8.68. The van der Waals surface area contributed by atoms with Crippen LogP contribution in [0.3, 0.4) is 0 Å². The van der Waals surface area contributed by atoms with Gasteiger partial charge in [0.25, 0.3) is 0 Å². The van der Waals surface area contributed by atoms with E-state index in [2.05, 4.69) is 38.2 Å². The first-order chi connectivity index (χ1) is 9.86. The number of carbonyl (C=O) groups is 1. The first-order valence-corrected chi connectivity index (χ1v) is 8.70. The molecular weight excluding hydrogens is 282 g/mol. The van der Waals surface area contributed by atoms with Crippen molar-refractivity contribution in [2.45, 2.75) is 58.4 Å². The third-order valence-electron chi connectivity index (χ3n) is 4.33. The third-order valence-corrected chi connectivity index (χ3v) is 5.84. The lowest BCUT2D eigenvalue weighted by atomic mass is 9.82. The Morgan fingerprint density at radius 1 is 1.29 bits per heavy atom. The van der Waals surface area contributed by atoms with Gasteiger partial charge < -0.3 is 10.4 Å². The van der Waals surface area contributed by atoms with Crippen molar-refractivity contribution in [3.8, 4) is 0 Å². The number of hydrogen-bond donors (Lipinski definition) is 2. The van der Waals surface area contributed by atoms with Crippen molar-refractivity contribution in [2.24, 2.45) is 11.8 Å². The highest BCUT2D eigenvalue weighted by Crippen LogP contribution is 2.30. The molecule has 0 unspecified atom stereocenters. The van der Waals surface area contributed by atoms with Gasteiger partial charge in [-0.15, -0.1) is 11.3 Å². The van der Waals surface area contributed by atoms with Crippen LogP contribution in [0.25, 0.3) is 0 Å². The van der Waals surface area contributed by atoms with Crippen LogP contribution in [0.2, 0.25) is 0 Å². The number of aliphatic carboxylic acids is 1. The second-order valence-electron chi connectivity index (χ2n) is 7.20. The van der Waals surface area contributed by atoms with E-state index < -0.39 is 5.97 Å². The van der Waals surface area contributed by atoms with Crippen LogP contribution >= 0.6 is 11.3 Å². The van der Waals surface area contributed by atoms with Gasteiger partial charge in [0.15, 0.2) is 0 Å². The molecule has 0 saturated heterocycles. The van der Waals surface area contributed by atoms with Crippen LogP contribution in [0.15, 0.2) is 12.1 Å². The average Bonchev–Trinajstić information content (AvgIpc) is 2.88. The van der Waals surface area contributed by atoms with Crippen LogP contribution in [0.1, 0.15) is 56.2 Å². The summed E-state index contributed by atoms with van der Waals surface area (Å²) in [4.78, 5) is 13.7. The third kappa shape index (κ3) is 4.82. The zero-order valence-corrected chi connectivity index (χ0v) is 14.1. The quantitative estimate of drug-likeness (QED) is 0.863. The largest absolute Gasteiger partial charge is 0.481 e. The Kier molecular flexibility index (Phi) is 5.44. The molecule has 0 spiro atoms. The van der Waals surface area contributed by atoms with Gasteiger partial charge in [-0.25, -0.2) is 0 Å². The molecule has 1 aromatic rings. The van der Waals surface area contributed by atoms with Gasteiger partial charge in [0, 0.05) is 16.3 Å². The van der Waals surface area contributed by atoms with E-state index in [1.54, 1.807) is 0 Å². The topological polar surface area (TPSA) is 49.3 Å². The Labute approximate surface area is 131 Å². The van der Waals surface area contributed by atoms with Crippen molar-refractivity contribution >= 4 is 17.3 Å². The smallest absolute Gasteiger partial charge is 0.306 e. The molecule has 1 saturated carbocycles. The van der Waals surface area contributed by atoms with E-state index >= 15 is 0 Å². The van der Waals surface area contributed by atoms with Crippen molar-refractivity contribution in [1.29, 1.82) is 0 Å². The van der Waals surface area contributed by atoms with Gasteiger partial charge in [-0.2, -0.15) is 0 Å². The lowest BCUT2D eigenvalue weighted by Crippen LogP contribution is -2.28. The highest BCUT2D eigenvalue weighted by Gasteiger charge is 2.25. The first kappa shape index (κ1) is 16.5. The van der Waals surface area contributed by atoms with Crippen LogP contribution in [-0.4, -0.2) is 17.6 Å². The molecule has 2 rings (SSSR count). The molecule has 1 aliphatic carbocycles. The summed E-state index contributed by atoms with van der Waals surface area (Å²) in [7, 11) is 0. The molecule has 2 N–H and O–H groups in total. The number of thiophene rings is 1. The minimum Gasteiger partial charge on any atom is -0.481 e. The summed E-state index contributed by atoms with van der Waals surface area (Å²) in [5.74, 6) is -0.0785. The molecule has 1 fully saturated rings. The molecule has 1 aromatic heterocycles. The minimum absolute atomic E-state index is 0.104. The average molecular weight is 309 g/mol. The standard InChI is InChI=1S/C17H27NO2S/c1-17(2,3)15-9-8-14(21-15)11-18-10-12-4-6-13(7-5-12)16(19)20/h8-9,12-13,18H,4-7,10-11H2,1-3H3,(H,19,20). The molecule has 4 heteroatoms. The van der Waals surface area contributed by atoms with E-state index in [1.165, 1.54) is 9.75 Å². The Balaban J connectivity index is 1.71. The molecule has 0 aromatic carbocycles. The molecule has 1 heterocycles. The van der Waals surface area contributed by atoms with Crippen LogP contribution < -0.4 is 5.32 Å². The van der Waals surface area contributed by atoms with Gasteiger partial charge in [-0.3, -0.25) is 4.79 Å². The van der Waals surface area contributed by atoms with Crippen LogP contribution in [0.4, 0.5) is 0 Å². The minimum atomic E-state index is -0.616. The first-order valence-electron chi connectivity index (χ1n) is 7.89. The lowest BCUT2D eigenvalue weighted by molar-refractivity contribution is -0.143. The second kappa shape index (κ2) is 6.93. The molecular formula is C17H27NO2S. The van der Waals surface area contributed by atoms with Crippen LogP contribution in [-0.2, 0) is 16.8 Å². The SMILES string of the molecule is CC(C)(C)c1ccc(CNCC2CCC(C(=O)O)CC2)s1. The zero-order valence-electron chi connectivity index (χ0n) is 13.3. The fourth-order valence-corrected chi connectivity index (χ4v) is 3.92. The number of carboxylic acids is 1. The summed E-state index contributed by atoms with van der Waals surface area (Å²) in [6, 6.07) is 4.46. The molecule has 21 heavy (non-hydrogen) atoms. The van der Waals surface area contributed by atoms with Crippen molar-refractivity contribution < 1.29 is 9.90 Å². The normalized spacial score (nSPS) is 23.2. The van der Waals surface area contributed by atoms with Gasteiger partial charge in [0.2, 0.25) is 0 Å². The fraction of sp³-hybridized carbons (Fsp3) is 0.706. The fourth-order valence-electron chi connectivity index (χ4n) is 2.89. The Morgan fingerprint density at radius 3 is 2.48 bits per heavy atom. The summed E-state index contributed by atoms with van der Waals surface area (Å²) >= 11 is 1.89. The van der Waals surface area contributed by atoms with E-state index in [9.17, 15) is 4.79 Å². The Hall–Kier alpha value is -0.870. The summed E-state index contributed by atoms with van der Waals surface area (Å²) in [5, 5.41) is 12.5. The molecule has 0 amide bonds. The van der Waals surface area contributed by atoms with Crippen molar-refractivity contribution in [3.05, 3.63) is 21.9 Å². The Morgan fingerprint density at radius 2 is 1.95 bits per heavy atom. The second-order valence-corrected chi connectivity index (χ2v) is 8.37. The predicted octanol–water partition coefficient (Wildman–Crippen LogP) is 4.03. The molecule has 3 nitrogen and oxygen atoms in total. The van der Waals surface area contributed by atoms with E-state index in [4.69, 9.17) is 5.11 Å². The maximum atomic E-state index is 10.9. The van der Waals surface area contributed by atoms with Gasteiger partial charge in [-0.05, 0) is 55.7 Å². The van der Waals surface area contributed by atoms with Gasteiger partial charge in [0.1, 0.15) is 0 Å². The zero-order chi connectivity index (χ0) is 15.5. The van der Waals surface area contributed by atoms with Gasteiger partial charge in [0.05, 0.1) is 5.92 Å². The van der Waals surface area contributed by atoms with Gasteiger partial charge in [-0.1, -0.05) is 20.8 Å². The van der Waals surface area contributed by atoms with E-state index in [1.807, 2.05) is 11.3 Å². The summed E-state index contributed by atoms with van der Waals surface area (Å²) in [5.41, 5.74) is 0.234. The van der Waals surface area contributed by atoms with E-state index in [-0.39, 0.29) is 11.3 Å². The molecule has 0 aliphatic heterocycles.